The average Bonchev–Trinajstić information content (AvgIpc) is 2.49. The van der Waals surface area contributed by atoms with Gasteiger partial charge < -0.3 is 15.6 Å². The van der Waals surface area contributed by atoms with Crippen LogP contribution in [-0.2, 0) is 0 Å². The van der Waals surface area contributed by atoms with E-state index in [4.69, 9.17) is 5.21 Å². The van der Waals surface area contributed by atoms with Gasteiger partial charge in [-0.15, -0.1) is 0 Å². The van der Waals surface area contributed by atoms with Gasteiger partial charge in [-0.3, -0.25) is 4.79 Å². The summed E-state index contributed by atoms with van der Waals surface area (Å²) in [5, 5.41) is 24.4. The molecule has 3 N–H and O–H groups in total. The lowest BCUT2D eigenvalue weighted by atomic mass is 10.1. The first-order chi connectivity index (χ1) is 10.0. The molecule has 0 spiro atoms. The zero-order valence-corrected chi connectivity index (χ0v) is 12.8. The van der Waals surface area contributed by atoms with Gasteiger partial charge in [-0.25, -0.2) is 0 Å². The molecule has 2 rings (SSSR count). The van der Waals surface area contributed by atoms with Crippen molar-refractivity contribution in [2.75, 3.05) is 5.32 Å². The predicted octanol–water partition coefficient (Wildman–Crippen LogP) is 3.61. The summed E-state index contributed by atoms with van der Waals surface area (Å²) in [6.07, 6.45) is 0. The van der Waals surface area contributed by atoms with E-state index in [2.05, 4.69) is 26.4 Å². The van der Waals surface area contributed by atoms with E-state index < -0.39 is 0 Å². The molecule has 5 nitrogen and oxygen atoms in total. The Kier molecular flexibility index (Phi) is 4.59. The van der Waals surface area contributed by atoms with Crippen LogP contribution in [0.25, 0.3) is 0 Å². The third-order valence-corrected chi connectivity index (χ3v) is 3.59. The number of nitrogens with one attached hydrogen (secondary N) is 1. The van der Waals surface area contributed by atoms with Crippen molar-refractivity contribution in [3.05, 3.63) is 58.1 Å². The monoisotopic (exact) mass is 348 g/mol. The lowest BCUT2D eigenvalue weighted by molar-refractivity contribution is 0.102. The van der Waals surface area contributed by atoms with E-state index in [1.807, 2.05) is 0 Å². The van der Waals surface area contributed by atoms with Crippen molar-refractivity contribution in [3.63, 3.8) is 0 Å². The van der Waals surface area contributed by atoms with E-state index >= 15 is 0 Å². The van der Waals surface area contributed by atoms with E-state index in [9.17, 15) is 9.90 Å². The van der Waals surface area contributed by atoms with Crippen LogP contribution in [0.15, 0.2) is 52.1 Å². The van der Waals surface area contributed by atoms with Gasteiger partial charge in [0.25, 0.3) is 5.91 Å². The van der Waals surface area contributed by atoms with Crippen LogP contribution in [0.1, 0.15) is 22.8 Å². The van der Waals surface area contributed by atoms with Crippen molar-refractivity contribution in [1.29, 1.82) is 0 Å². The highest BCUT2D eigenvalue weighted by molar-refractivity contribution is 9.10. The molecule has 1 amide bonds. The summed E-state index contributed by atoms with van der Waals surface area (Å²) in [4.78, 5) is 12.2. The van der Waals surface area contributed by atoms with Crippen molar-refractivity contribution in [3.8, 4) is 5.75 Å². The molecular weight excluding hydrogens is 336 g/mol. The van der Waals surface area contributed by atoms with E-state index in [0.717, 1.165) is 0 Å². The van der Waals surface area contributed by atoms with Crippen LogP contribution < -0.4 is 5.32 Å². The molecule has 0 saturated heterocycles. The molecule has 0 radical (unpaired) electrons. The van der Waals surface area contributed by atoms with Crippen LogP contribution in [0, 0.1) is 0 Å². The van der Waals surface area contributed by atoms with Gasteiger partial charge in [-0.1, -0.05) is 23.4 Å². The number of amides is 1. The molecule has 0 unspecified atom stereocenters. The largest absolute Gasteiger partial charge is 0.507 e. The maximum atomic E-state index is 12.2. The second-order valence-corrected chi connectivity index (χ2v) is 5.21. The molecule has 0 fully saturated rings. The highest BCUT2D eigenvalue weighted by Gasteiger charge is 2.12. The fourth-order valence-corrected chi connectivity index (χ4v) is 2.06. The molecule has 0 bridgehead atoms. The lowest BCUT2D eigenvalue weighted by Crippen LogP contribution is -2.14. The molecule has 6 heteroatoms. The molecule has 0 saturated carbocycles. The zero-order chi connectivity index (χ0) is 15.4. The molecule has 0 aliphatic rings. The molecule has 108 valence electrons. The van der Waals surface area contributed by atoms with Gasteiger partial charge in [0.1, 0.15) is 5.75 Å². The smallest absolute Gasteiger partial charge is 0.255 e. The Bertz CT molecular complexity index is 714. The Morgan fingerprint density at radius 2 is 1.95 bits per heavy atom. The quantitative estimate of drug-likeness (QED) is 0.450. The fourth-order valence-electron chi connectivity index (χ4n) is 1.81. The number of benzene rings is 2. The van der Waals surface area contributed by atoms with Crippen LogP contribution >= 0.6 is 15.9 Å². The molecule has 0 aromatic heterocycles. The van der Waals surface area contributed by atoms with Gasteiger partial charge >= 0.3 is 0 Å². The standard InChI is InChI=1S/C15H13BrN2O3/c1-9(18-21)11-4-2-3-5-13(11)17-15(20)10-6-7-12(16)14(19)8-10/h2-8,19,21H,1H3,(H,17,20)/b18-9-. The Morgan fingerprint density at radius 1 is 1.24 bits per heavy atom. The summed E-state index contributed by atoms with van der Waals surface area (Å²) in [5.41, 5.74) is 1.86. The second-order valence-electron chi connectivity index (χ2n) is 4.35. The van der Waals surface area contributed by atoms with Gasteiger partial charge in [-0.05, 0) is 47.1 Å². The fraction of sp³-hybridized carbons (Fsp3) is 0.0667. The minimum absolute atomic E-state index is 0.0102. The summed E-state index contributed by atoms with van der Waals surface area (Å²) < 4.78 is 0.516. The first-order valence-electron chi connectivity index (χ1n) is 6.11. The molecule has 2 aromatic carbocycles. The Balaban J connectivity index is 2.30. The van der Waals surface area contributed by atoms with Crippen molar-refractivity contribution in [2.45, 2.75) is 6.92 Å². The van der Waals surface area contributed by atoms with Crippen LogP contribution in [-0.4, -0.2) is 21.9 Å². The number of hydrogen-bond acceptors (Lipinski definition) is 4. The van der Waals surface area contributed by atoms with Crippen molar-refractivity contribution < 1.29 is 15.1 Å². The first-order valence-corrected chi connectivity index (χ1v) is 6.90. The van der Waals surface area contributed by atoms with Crippen LogP contribution in [0.3, 0.4) is 0 Å². The second kappa shape index (κ2) is 6.41. The highest BCUT2D eigenvalue weighted by Crippen LogP contribution is 2.25. The maximum Gasteiger partial charge on any atom is 0.255 e. The van der Waals surface area contributed by atoms with Gasteiger partial charge in [0.15, 0.2) is 0 Å². The van der Waals surface area contributed by atoms with E-state index in [-0.39, 0.29) is 11.7 Å². The number of anilines is 1. The first kappa shape index (κ1) is 15.1. The third kappa shape index (κ3) is 3.41. The van der Waals surface area contributed by atoms with Gasteiger partial charge in [0.2, 0.25) is 0 Å². The Hall–Kier alpha value is -2.34. The van der Waals surface area contributed by atoms with Crippen molar-refractivity contribution in [1.82, 2.24) is 0 Å². The minimum atomic E-state index is -0.365. The number of hydrogen-bond donors (Lipinski definition) is 3. The van der Waals surface area contributed by atoms with Gasteiger partial charge in [-0.2, -0.15) is 0 Å². The van der Waals surface area contributed by atoms with Crippen LogP contribution in [0.4, 0.5) is 5.69 Å². The molecule has 2 aromatic rings. The molecule has 0 atom stereocenters. The Labute approximate surface area is 130 Å². The summed E-state index contributed by atoms with van der Waals surface area (Å²) in [5.74, 6) is -0.375. The summed E-state index contributed by atoms with van der Waals surface area (Å²) >= 11 is 3.16. The van der Waals surface area contributed by atoms with Gasteiger partial charge in [0, 0.05) is 11.1 Å². The number of carbonyl (C=O) groups is 1. The zero-order valence-electron chi connectivity index (χ0n) is 11.2. The number of oxime groups is 1. The third-order valence-electron chi connectivity index (χ3n) is 2.92. The number of phenols is 1. The van der Waals surface area contributed by atoms with E-state index in [0.29, 0.717) is 27.0 Å². The maximum absolute atomic E-state index is 12.2. The van der Waals surface area contributed by atoms with Crippen molar-refractivity contribution >= 4 is 33.2 Å². The number of phenolic OH excluding ortho intramolecular Hbond substituents is 1. The molecule has 0 aliphatic carbocycles. The number of nitrogens with zero attached hydrogens (tertiary/aromatic N) is 1. The summed E-state index contributed by atoms with van der Waals surface area (Å²) in [6, 6.07) is 11.6. The average molecular weight is 349 g/mol. The molecule has 0 aliphatic heterocycles. The highest BCUT2D eigenvalue weighted by atomic mass is 79.9. The number of aromatic hydroxyl groups is 1. The normalized spacial score (nSPS) is 11.2. The van der Waals surface area contributed by atoms with Crippen LogP contribution in [0.2, 0.25) is 0 Å². The topological polar surface area (TPSA) is 81.9 Å². The van der Waals surface area contributed by atoms with E-state index in [1.165, 1.54) is 6.07 Å². The molecular formula is C15H13BrN2O3. The summed E-state index contributed by atoms with van der Waals surface area (Å²) in [6.45, 7) is 1.64. The SMILES string of the molecule is C/C(=N/O)c1ccccc1NC(=O)c1ccc(Br)c(O)c1. The van der Waals surface area contributed by atoms with Gasteiger partial charge in [0.05, 0.1) is 15.9 Å². The minimum Gasteiger partial charge on any atom is -0.507 e. The van der Waals surface area contributed by atoms with Crippen molar-refractivity contribution in [2.24, 2.45) is 5.16 Å². The molecule has 0 heterocycles. The number of para-hydroxylation sites is 1. The summed E-state index contributed by atoms with van der Waals surface area (Å²) in [7, 11) is 0. The lowest BCUT2D eigenvalue weighted by Gasteiger charge is -2.10. The number of halogens is 1. The van der Waals surface area contributed by atoms with E-state index in [1.54, 1.807) is 43.3 Å². The van der Waals surface area contributed by atoms with Crippen LogP contribution in [0.5, 0.6) is 5.75 Å². The number of carbonyl (C=O) groups excluding carboxylic acids is 1. The number of rotatable bonds is 3. The Morgan fingerprint density at radius 3 is 2.62 bits per heavy atom. The molecule has 21 heavy (non-hydrogen) atoms. The predicted molar refractivity (Wildman–Crippen MR) is 84.2 cm³/mol.